The highest BCUT2D eigenvalue weighted by Gasteiger charge is 2.19. The van der Waals surface area contributed by atoms with Crippen LogP contribution in [0, 0.1) is 0 Å². The van der Waals surface area contributed by atoms with E-state index in [2.05, 4.69) is 5.10 Å². The average Bonchev–Trinajstić information content (AvgIpc) is 2.63. The Morgan fingerprint density at radius 3 is 2.67 bits per heavy atom. The predicted octanol–water partition coefficient (Wildman–Crippen LogP) is 0.621. The van der Waals surface area contributed by atoms with Crippen molar-refractivity contribution in [2.75, 3.05) is 0 Å². The largest absolute Gasteiger partial charge is 0.480 e. The molecule has 0 aliphatic rings. The van der Waals surface area contributed by atoms with E-state index in [1.54, 1.807) is 20.8 Å². The molecule has 0 bridgehead atoms. The summed E-state index contributed by atoms with van der Waals surface area (Å²) in [5.74, 6) is -1.11. The number of carbonyl (C=O) groups is 2. The summed E-state index contributed by atoms with van der Waals surface area (Å²) in [6.07, 6.45) is 0.862. The molecule has 0 aromatic carbocycles. The topological polar surface area (TPSA) is 107 Å². The molecule has 7 nitrogen and oxygen atoms in total. The first-order valence-corrected chi connectivity index (χ1v) is 5.45. The quantitative estimate of drug-likeness (QED) is 0.819. The molecule has 0 aliphatic carbocycles. The molecule has 1 rings (SSSR count). The molecular weight excluding hydrogens is 238 g/mol. The van der Waals surface area contributed by atoms with Gasteiger partial charge in [0.2, 0.25) is 0 Å². The van der Waals surface area contributed by atoms with Crippen molar-refractivity contribution >= 4 is 12.1 Å². The summed E-state index contributed by atoms with van der Waals surface area (Å²) in [6, 6.07) is 0.499. The van der Waals surface area contributed by atoms with Crippen LogP contribution in [0.4, 0.5) is 4.79 Å². The number of aromatic nitrogens is 2. The van der Waals surface area contributed by atoms with E-state index in [0.29, 0.717) is 5.69 Å². The van der Waals surface area contributed by atoms with E-state index < -0.39 is 23.7 Å². The second-order valence-corrected chi connectivity index (χ2v) is 4.88. The van der Waals surface area contributed by atoms with Gasteiger partial charge < -0.3 is 15.6 Å². The minimum atomic E-state index is -1.11. The zero-order valence-corrected chi connectivity index (χ0v) is 10.6. The fourth-order valence-electron chi connectivity index (χ4n) is 1.19. The highest BCUT2D eigenvalue weighted by atomic mass is 16.6. The molecule has 7 heteroatoms. The van der Waals surface area contributed by atoms with Crippen molar-refractivity contribution in [1.82, 2.24) is 9.78 Å². The van der Waals surface area contributed by atoms with Gasteiger partial charge in [0.1, 0.15) is 11.6 Å². The molecule has 0 amide bonds. The second kappa shape index (κ2) is 5.18. The highest BCUT2D eigenvalue weighted by Crippen LogP contribution is 2.09. The summed E-state index contributed by atoms with van der Waals surface area (Å²) in [7, 11) is 0. The summed E-state index contributed by atoms with van der Waals surface area (Å²) < 4.78 is 6.13. The molecule has 0 radical (unpaired) electrons. The van der Waals surface area contributed by atoms with Crippen LogP contribution in [0.2, 0.25) is 0 Å². The molecule has 1 aromatic heterocycles. The third kappa shape index (κ3) is 4.17. The van der Waals surface area contributed by atoms with Gasteiger partial charge in [0.05, 0.1) is 5.69 Å². The van der Waals surface area contributed by atoms with Crippen LogP contribution in [0.5, 0.6) is 0 Å². The fourth-order valence-corrected chi connectivity index (χ4v) is 1.19. The van der Waals surface area contributed by atoms with Gasteiger partial charge in [-0.15, -0.1) is 0 Å². The molecule has 0 fully saturated rings. The lowest BCUT2D eigenvalue weighted by Crippen LogP contribution is -2.32. The molecule has 0 aliphatic heterocycles. The van der Waals surface area contributed by atoms with Crippen molar-refractivity contribution < 1.29 is 19.4 Å². The van der Waals surface area contributed by atoms with Crippen LogP contribution in [0.15, 0.2) is 12.3 Å². The van der Waals surface area contributed by atoms with Crippen LogP contribution in [-0.2, 0) is 16.0 Å². The van der Waals surface area contributed by atoms with Crippen molar-refractivity contribution in [2.24, 2.45) is 5.73 Å². The van der Waals surface area contributed by atoms with Crippen LogP contribution in [0.1, 0.15) is 26.5 Å². The van der Waals surface area contributed by atoms with Crippen molar-refractivity contribution in [3.8, 4) is 0 Å². The third-order valence-electron chi connectivity index (χ3n) is 1.97. The maximum Gasteiger partial charge on any atom is 0.435 e. The maximum atomic E-state index is 11.6. The van der Waals surface area contributed by atoms with E-state index in [9.17, 15) is 9.59 Å². The Morgan fingerprint density at radius 1 is 1.56 bits per heavy atom. The number of rotatable bonds is 3. The van der Waals surface area contributed by atoms with Crippen LogP contribution in [0.25, 0.3) is 0 Å². The molecule has 1 aromatic rings. The van der Waals surface area contributed by atoms with E-state index in [-0.39, 0.29) is 6.42 Å². The van der Waals surface area contributed by atoms with Gasteiger partial charge in [-0.05, 0) is 26.8 Å². The molecule has 100 valence electrons. The van der Waals surface area contributed by atoms with Gasteiger partial charge in [0, 0.05) is 12.6 Å². The minimum Gasteiger partial charge on any atom is -0.480 e. The molecule has 0 saturated carbocycles. The van der Waals surface area contributed by atoms with E-state index in [1.807, 2.05) is 0 Å². The SMILES string of the molecule is CC(C)(C)OC(=O)n1ccc(C[C@H](N)C(=O)O)n1. The monoisotopic (exact) mass is 255 g/mol. The first kappa shape index (κ1) is 14.2. The number of carboxylic acid groups (broad SMARTS) is 1. The summed E-state index contributed by atoms with van der Waals surface area (Å²) in [6.45, 7) is 5.24. The van der Waals surface area contributed by atoms with Gasteiger partial charge in [0.25, 0.3) is 0 Å². The number of hydrogen-bond acceptors (Lipinski definition) is 5. The summed E-state index contributed by atoms with van der Waals surface area (Å²) in [5.41, 5.74) is 5.19. The number of carboxylic acids is 1. The smallest absolute Gasteiger partial charge is 0.435 e. The number of ether oxygens (including phenoxy) is 1. The maximum absolute atomic E-state index is 11.6. The number of carbonyl (C=O) groups excluding carboxylic acids is 1. The Balaban J connectivity index is 2.69. The van der Waals surface area contributed by atoms with Gasteiger partial charge in [0.15, 0.2) is 0 Å². The first-order valence-electron chi connectivity index (χ1n) is 5.45. The number of hydrogen-bond donors (Lipinski definition) is 2. The molecule has 1 heterocycles. The molecule has 0 saturated heterocycles. The van der Waals surface area contributed by atoms with E-state index in [4.69, 9.17) is 15.6 Å². The lowest BCUT2D eigenvalue weighted by molar-refractivity contribution is -0.138. The number of aliphatic carboxylic acids is 1. The van der Waals surface area contributed by atoms with Gasteiger partial charge in [-0.3, -0.25) is 4.79 Å². The Labute approximate surface area is 105 Å². The lowest BCUT2D eigenvalue weighted by atomic mass is 10.2. The number of nitrogens with two attached hydrogens (primary N) is 1. The molecular formula is C11H17N3O4. The molecule has 0 spiro atoms. The number of nitrogens with zero attached hydrogens (tertiary/aromatic N) is 2. The molecule has 1 atom stereocenters. The third-order valence-corrected chi connectivity index (χ3v) is 1.97. The Hall–Kier alpha value is -1.89. The first-order chi connectivity index (χ1) is 8.19. The van der Waals surface area contributed by atoms with Gasteiger partial charge in [-0.25, -0.2) is 4.79 Å². The zero-order valence-electron chi connectivity index (χ0n) is 10.6. The summed E-state index contributed by atoms with van der Waals surface area (Å²) in [4.78, 5) is 22.2. The van der Waals surface area contributed by atoms with E-state index in [0.717, 1.165) is 4.68 Å². The Morgan fingerprint density at radius 2 is 2.17 bits per heavy atom. The van der Waals surface area contributed by atoms with Crippen LogP contribution in [-0.4, -0.2) is 38.6 Å². The van der Waals surface area contributed by atoms with Gasteiger partial charge in [-0.2, -0.15) is 9.78 Å². The summed E-state index contributed by atoms with van der Waals surface area (Å²) in [5, 5.41) is 12.6. The minimum absolute atomic E-state index is 0.0606. The standard InChI is InChI=1S/C11H17N3O4/c1-11(2,3)18-10(17)14-5-4-7(13-14)6-8(12)9(15)16/h4-5,8H,6,12H2,1-3H3,(H,15,16)/t8-/m0/s1. The van der Waals surface area contributed by atoms with Crippen molar-refractivity contribution in [3.05, 3.63) is 18.0 Å². The average molecular weight is 255 g/mol. The molecule has 3 N–H and O–H groups in total. The molecule has 0 unspecified atom stereocenters. The highest BCUT2D eigenvalue weighted by molar-refractivity contribution is 5.73. The van der Waals surface area contributed by atoms with Crippen LogP contribution >= 0.6 is 0 Å². The Kier molecular flexibility index (Phi) is 4.07. The van der Waals surface area contributed by atoms with E-state index in [1.165, 1.54) is 12.3 Å². The van der Waals surface area contributed by atoms with Crippen molar-refractivity contribution in [2.45, 2.75) is 38.8 Å². The summed E-state index contributed by atoms with van der Waals surface area (Å²) >= 11 is 0. The van der Waals surface area contributed by atoms with Crippen molar-refractivity contribution in [1.29, 1.82) is 0 Å². The van der Waals surface area contributed by atoms with E-state index >= 15 is 0 Å². The zero-order chi connectivity index (χ0) is 13.9. The lowest BCUT2D eigenvalue weighted by Gasteiger charge is -2.18. The second-order valence-electron chi connectivity index (χ2n) is 4.88. The fraction of sp³-hybridized carbons (Fsp3) is 0.545. The normalized spacial score (nSPS) is 13.1. The van der Waals surface area contributed by atoms with Gasteiger partial charge >= 0.3 is 12.1 Å². The van der Waals surface area contributed by atoms with Gasteiger partial charge in [-0.1, -0.05) is 0 Å². The molecule has 18 heavy (non-hydrogen) atoms. The van der Waals surface area contributed by atoms with Crippen LogP contribution in [0.3, 0.4) is 0 Å². The predicted molar refractivity (Wildman–Crippen MR) is 63.2 cm³/mol. The van der Waals surface area contributed by atoms with Crippen molar-refractivity contribution in [3.63, 3.8) is 0 Å². The van der Waals surface area contributed by atoms with Crippen LogP contribution < -0.4 is 5.73 Å². The Bertz CT molecular complexity index is 447.